The summed E-state index contributed by atoms with van der Waals surface area (Å²) in [6.07, 6.45) is 2.50. The topological polar surface area (TPSA) is 58.4 Å². The van der Waals surface area contributed by atoms with E-state index in [4.69, 9.17) is 5.73 Å². The first kappa shape index (κ1) is 16.5. The zero-order chi connectivity index (χ0) is 15.2. The Kier molecular flexibility index (Phi) is 6.02. The van der Waals surface area contributed by atoms with E-state index in [2.05, 4.69) is 38.0 Å². The van der Waals surface area contributed by atoms with Crippen LogP contribution < -0.4 is 11.1 Å². The number of nitrogen functional groups attached to an aromatic ring is 1. The van der Waals surface area contributed by atoms with E-state index in [-0.39, 0.29) is 11.4 Å². The minimum atomic E-state index is 0.0532. The maximum Gasteiger partial charge on any atom is 0.224 e. The van der Waals surface area contributed by atoms with E-state index in [1.165, 1.54) is 0 Å². The highest BCUT2D eigenvalue weighted by Crippen LogP contribution is 2.17. The van der Waals surface area contributed by atoms with Crippen molar-refractivity contribution in [1.29, 1.82) is 0 Å². The second-order valence-electron chi connectivity index (χ2n) is 5.86. The summed E-state index contributed by atoms with van der Waals surface area (Å²) in [7, 11) is 2.11. The Morgan fingerprint density at radius 3 is 2.45 bits per heavy atom. The molecule has 0 aliphatic heterocycles. The van der Waals surface area contributed by atoms with Gasteiger partial charge in [0.1, 0.15) is 0 Å². The molecule has 0 unspecified atom stereocenters. The molecule has 3 N–H and O–H groups in total. The van der Waals surface area contributed by atoms with E-state index in [1.807, 2.05) is 12.1 Å². The van der Waals surface area contributed by atoms with Crippen LogP contribution in [0, 0.1) is 0 Å². The quantitative estimate of drug-likeness (QED) is 0.753. The number of nitrogens with one attached hydrogen (secondary N) is 1. The molecule has 1 aromatic carbocycles. The lowest BCUT2D eigenvalue weighted by molar-refractivity contribution is -0.116. The van der Waals surface area contributed by atoms with Crippen LogP contribution >= 0.6 is 0 Å². The van der Waals surface area contributed by atoms with Crippen molar-refractivity contribution in [3.8, 4) is 0 Å². The molecule has 0 atom stereocenters. The van der Waals surface area contributed by atoms with Gasteiger partial charge in [-0.15, -0.1) is 0 Å². The molecule has 0 aliphatic rings. The summed E-state index contributed by atoms with van der Waals surface area (Å²) in [6.45, 7) is 7.56. The van der Waals surface area contributed by atoms with Crippen molar-refractivity contribution in [2.45, 2.75) is 45.6 Å². The molecular formula is C16H27N3O. The summed E-state index contributed by atoms with van der Waals surface area (Å²) >= 11 is 0. The summed E-state index contributed by atoms with van der Waals surface area (Å²) in [5.41, 5.74) is 7.29. The monoisotopic (exact) mass is 277 g/mol. The Morgan fingerprint density at radius 1 is 1.30 bits per heavy atom. The molecule has 112 valence electrons. The van der Waals surface area contributed by atoms with Gasteiger partial charge in [-0.1, -0.05) is 6.92 Å². The van der Waals surface area contributed by atoms with E-state index < -0.39 is 0 Å². The number of rotatable bonds is 7. The van der Waals surface area contributed by atoms with Crippen LogP contribution in [0.3, 0.4) is 0 Å². The Labute approximate surface area is 122 Å². The lowest BCUT2D eigenvalue weighted by atomic mass is 10.00. The van der Waals surface area contributed by atoms with Crippen LogP contribution in [0.25, 0.3) is 0 Å². The van der Waals surface area contributed by atoms with Gasteiger partial charge in [-0.05, 0) is 64.5 Å². The van der Waals surface area contributed by atoms with Gasteiger partial charge in [-0.3, -0.25) is 4.79 Å². The molecule has 4 heteroatoms. The zero-order valence-electron chi connectivity index (χ0n) is 13.1. The van der Waals surface area contributed by atoms with Crippen LogP contribution in [0.5, 0.6) is 0 Å². The Hall–Kier alpha value is -1.55. The van der Waals surface area contributed by atoms with Crippen molar-refractivity contribution in [2.75, 3.05) is 24.6 Å². The van der Waals surface area contributed by atoms with Gasteiger partial charge in [0, 0.05) is 23.3 Å². The first-order chi connectivity index (χ1) is 9.35. The van der Waals surface area contributed by atoms with Crippen molar-refractivity contribution in [2.24, 2.45) is 0 Å². The minimum absolute atomic E-state index is 0.0532. The summed E-state index contributed by atoms with van der Waals surface area (Å²) in [5.74, 6) is 0.0532. The summed E-state index contributed by atoms with van der Waals surface area (Å²) in [5, 5.41) is 2.88. The largest absolute Gasteiger partial charge is 0.399 e. The third kappa shape index (κ3) is 5.21. The molecule has 0 bridgehead atoms. The normalized spacial score (nSPS) is 11.7. The average molecular weight is 277 g/mol. The van der Waals surface area contributed by atoms with Gasteiger partial charge >= 0.3 is 0 Å². The molecule has 0 spiro atoms. The Bertz CT molecular complexity index is 426. The highest BCUT2D eigenvalue weighted by molar-refractivity contribution is 5.90. The van der Waals surface area contributed by atoms with Gasteiger partial charge in [0.25, 0.3) is 0 Å². The number of hydrogen-bond acceptors (Lipinski definition) is 3. The van der Waals surface area contributed by atoms with Crippen LogP contribution in [0.15, 0.2) is 24.3 Å². The predicted octanol–water partition coefficient (Wildman–Crippen LogP) is 3.11. The third-order valence-electron chi connectivity index (χ3n) is 3.99. The van der Waals surface area contributed by atoms with E-state index in [0.717, 1.165) is 25.1 Å². The fourth-order valence-corrected chi connectivity index (χ4v) is 1.84. The second-order valence-corrected chi connectivity index (χ2v) is 5.86. The minimum Gasteiger partial charge on any atom is -0.399 e. The highest BCUT2D eigenvalue weighted by atomic mass is 16.1. The number of carbonyl (C=O) groups is 1. The molecule has 0 radical (unpaired) electrons. The third-order valence-corrected chi connectivity index (χ3v) is 3.99. The lowest BCUT2D eigenvalue weighted by Gasteiger charge is -2.34. The SMILES string of the molecule is CCC(C)(C)N(C)CCCC(=O)Nc1ccc(N)cc1. The summed E-state index contributed by atoms with van der Waals surface area (Å²) in [6, 6.07) is 7.21. The zero-order valence-corrected chi connectivity index (χ0v) is 13.1. The first-order valence-electron chi connectivity index (χ1n) is 7.22. The maximum atomic E-state index is 11.8. The summed E-state index contributed by atoms with van der Waals surface area (Å²) < 4.78 is 0. The van der Waals surface area contributed by atoms with Crippen LogP contribution in [0.1, 0.15) is 40.0 Å². The van der Waals surface area contributed by atoms with Crippen LogP contribution in [0.4, 0.5) is 11.4 Å². The molecular weight excluding hydrogens is 250 g/mol. The average Bonchev–Trinajstić information content (AvgIpc) is 2.41. The number of anilines is 2. The number of nitrogens with zero attached hydrogens (tertiary/aromatic N) is 1. The fourth-order valence-electron chi connectivity index (χ4n) is 1.84. The lowest BCUT2D eigenvalue weighted by Crippen LogP contribution is -2.41. The number of benzene rings is 1. The van der Waals surface area contributed by atoms with Gasteiger partial charge in [0.15, 0.2) is 0 Å². The second kappa shape index (κ2) is 7.29. The fraction of sp³-hybridized carbons (Fsp3) is 0.562. The van der Waals surface area contributed by atoms with Gasteiger partial charge < -0.3 is 16.0 Å². The molecule has 0 heterocycles. The number of amides is 1. The predicted molar refractivity (Wildman–Crippen MR) is 85.7 cm³/mol. The highest BCUT2D eigenvalue weighted by Gasteiger charge is 2.20. The number of hydrogen-bond donors (Lipinski definition) is 2. The molecule has 1 aromatic rings. The molecule has 20 heavy (non-hydrogen) atoms. The Balaban J connectivity index is 2.32. The summed E-state index contributed by atoms with van der Waals surface area (Å²) in [4.78, 5) is 14.1. The van der Waals surface area contributed by atoms with Crippen LogP contribution in [0.2, 0.25) is 0 Å². The molecule has 1 rings (SSSR count). The number of nitrogens with two attached hydrogens (primary N) is 1. The van der Waals surface area contributed by atoms with E-state index in [1.54, 1.807) is 12.1 Å². The van der Waals surface area contributed by atoms with Gasteiger partial charge in [-0.2, -0.15) is 0 Å². The Morgan fingerprint density at radius 2 is 1.90 bits per heavy atom. The van der Waals surface area contributed by atoms with Crippen LogP contribution in [-0.4, -0.2) is 29.9 Å². The van der Waals surface area contributed by atoms with Crippen molar-refractivity contribution in [3.05, 3.63) is 24.3 Å². The van der Waals surface area contributed by atoms with Crippen LogP contribution in [-0.2, 0) is 4.79 Å². The smallest absolute Gasteiger partial charge is 0.224 e. The molecule has 0 saturated carbocycles. The maximum absolute atomic E-state index is 11.8. The van der Waals surface area contributed by atoms with E-state index in [0.29, 0.717) is 12.1 Å². The molecule has 0 fully saturated rings. The van der Waals surface area contributed by atoms with Gasteiger partial charge in [-0.25, -0.2) is 0 Å². The van der Waals surface area contributed by atoms with Crippen molar-refractivity contribution < 1.29 is 4.79 Å². The van der Waals surface area contributed by atoms with Crippen molar-refractivity contribution in [3.63, 3.8) is 0 Å². The van der Waals surface area contributed by atoms with Crippen molar-refractivity contribution in [1.82, 2.24) is 4.90 Å². The van der Waals surface area contributed by atoms with E-state index >= 15 is 0 Å². The molecule has 1 amide bonds. The van der Waals surface area contributed by atoms with Gasteiger partial charge in [0.05, 0.1) is 0 Å². The first-order valence-corrected chi connectivity index (χ1v) is 7.22. The molecule has 4 nitrogen and oxygen atoms in total. The van der Waals surface area contributed by atoms with Gasteiger partial charge in [0.2, 0.25) is 5.91 Å². The standard InChI is InChI=1S/C16H27N3O/c1-5-16(2,3)19(4)12-6-7-15(20)18-14-10-8-13(17)9-11-14/h8-11H,5-7,12,17H2,1-4H3,(H,18,20). The molecule has 0 saturated heterocycles. The number of carbonyl (C=O) groups excluding carboxylic acids is 1. The molecule has 0 aliphatic carbocycles. The van der Waals surface area contributed by atoms with E-state index in [9.17, 15) is 4.79 Å². The molecule has 0 aromatic heterocycles. The van der Waals surface area contributed by atoms with Crippen molar-refractivity contribution >= 4 is 17.3 Å².